The normalized spacial score (nSPS) is 12.0. The van der Waals surface area contributed by atoms with Gasteiger partial charge in [0, 0.05) is 22.8 Å². The molecule has 3 aromatic rings. The van der Waals surface area contributed by atoms with E-state index in [1.807, 2.05) is 42.5 Å². The molecule has 150 valence electrons. The summed E-state index contributed by atoms with van der Waals surface area (Å²) >= 11 is 0. The molecule has 0 amide bonds. The second-order valence-electron chi connectivity index (χ2n) is 7.71. The third-order valence-electron chi connectivity index (χ3n) is 4.68. The Labute approximate surface area is 170 Å². The van der Waals surface area contributed by atoms with E-state index in [9.17, 15) is 4.79 Å². The molecule has 0 saturated heterocycles. The van der Waals surface area contributed by atoms with Crippen LogP contribution in [0, 0.1) is 0 Å². The first kappa shape index (κ1) is 20.4. The average Bonchev–Trinajstić information content (AvgIpc) is 3.21. The van der Waals surface area contributed by atoms with Gasteiger partial charge < -0.3 is 14.0 Å². The van der Waals surface area contributed by atoms with Gasteiger partial charge in [-0.2, -0.15) is 0 Å². The Hall–Kier alpha value is -3.34. The third-order valence-corrected chi connectivity index (χ3v) is 4.68. The molecule has 1 heterocycles. The Bertz CT molecular complexity index is 1020. The highest BCUT2D eigenvalue weighted by Crippen LogP contribution is 2.32. The summed E-state index contributed by atoms with van der Waals surface area (Å²) in [6.07, 6.45) is 1.37. The Morgan fingerprint density at radius 2 is 1.72 bits per heavy atom. The summed E-state index contributed by atoms with van der Waals surface area (Å²) in [7, 11) is 2.82. The van der Waals surface area contributed by atoms with E-state index < -0.39 is 5.97 Å². The Morgan fingerprint density at radius 3 is 2.34 bits per heavy atom. The lowest BCUT2D eigenvalue weighted by molar-refractivity contribution is -0.133. The number of rotatable bonds is 5. The molecular formula is C24H25NO4. The van der Waals surface area contributed by atoms with E-state index in [0.29, 0.717) is 22.6 Å². The van der Waals surface area contributed by atoms with E-state index in [-0.39, 0.29) is 5.41 Å². The van der Waals surface area contributed by atoms with Gasteiger partial charge in [-0.1, -0.05) is 74.5 Å². The van der Waals surface area contributed by atoms with E-state index in [1.54, 1.807) is 0 Å². The van der Waals surface area contributed by atoms with Crippen molar-refractivity contribution in [3.05, 3.63) is 72.0 Å². The average molecular weight is 391 g/mol. The van der Waals surface area contributed by atoms with Crippen LogP contribution < -0.4 is 0 Å². The van der Waals surface area contributed by atoms with Crippen LogP contribution in [-0.2, 0) is 19.7 Å². The number of carbonyl (C=O) groups excluding carboxylic acids is 1. The SMILES string of the molecule is CO/C=C(/C(=O)OC)c1ccccc1-c1cc(-c2ccc(C(C)(C)C)cc2)on1. The minimum Gasteiger partial charge on any atom is -0.503 e. The van der Waals surface area contributed by atoms with E-state index in [2.05, 4.69) is 38.1 Å². The minimum atomic E-state index is -0.485. The molecule has 0 spiro atoms. The molecule has 0 aliphatic rings. The number of carbonyl (C=O) groups is 1. The minimum absolute atomic E-state index is 0.0853. The van der Waals surface area contributed by atoms with Crippen molar-refractivity contribution in [3.63, 3.8) is 0 Å². The molecule has 0 atom stereocenters. The smallest absolute Gasteiger partial charge is 0.341 e. The lowest BCUT2D eigenvalue weighted by Crippen LogP contribution is -2.10. The fourth-order valence-electron chi connectivity index (χ4n) is 3.06. The molecule has 5 heteroatoms. The molecule has 3 rings (SSSR count). The van der Waals surface area contributed by atoms with Crippen LogP contribution in [-0.4, -0.2) is 25.3 Å². The van der Waals surface area contributed by atoms with Crippen LogP contribution in [0.25, 0.3) is 28.2 Å². The predicted octanol–water partition coefficient (Wildman–Crippen LogP) is 5.47. The molecule has 1 aromatic heterocycles. The van der Waals surface area contributed by atoms with Crippen LogP contribution >= 0.6 is 0 Å². The van der Waals surface area contributed by atoms with Gasteiger partial charge in [-0.3, -0.25) is 0 Å². The molecule has 0 aliphatic carbocycles. The summed E-state index contributed by atoms with van der Waals surface area (Å²) in [5.41, 5.74) is 4.62. The zero-order chi connectivity index (χ0) is 21.0. The highest BCUT2D eigenvalue weighted by Gasteiger charge is 2.20. The first-order valence-corrected chi connectivity index (χ1v) is 9.34. The molecule has 0 aliphatic heterocycles. The number of esters is 1. The first-order chi connectivity index (χ1) is 13.8. The van der Waals surface area contributed by atoms with E-state index in [0.717, 1.165) is 11.1 Å². The summed E-state index contributed by atoms with van der Waals surface area (Å²) in [6, 6.07) is 17.6. The van der Waals surface area contributed by atoms with E-state index >= 15 is 0 Å². The van der Waals surface area contributed by atoms with Crippen molar-refractivity contribution in [2.24, 2.45) is 0 Å². The van der Waals surface area contributed by atoms with Crippen LogP contribution in [0.2, 0.25) is 0 Å². The molecule has 0 fully saturated rings. The maximum atomic E-state index is 12.2. The van der Waals surface area contributed by atoms with E-state index in [4.69, 9.17) is 14.0 Å². The number of hydrogen-bond donors (Lipinski definition) is 0. The second-order valence-corrected chi connectivity index (χ2v) is 7.71. The van der Waals surface area contributed by atoms with Gasteiger partial charge in [0.25, 0.3) is 0 Å². The standard InChI is InChI=1S/C24H25NO4/c1-24(2,3)17-12-10-16(11-13-17)22-14-21(25-29-22)19-9-7-6-8-18(19)20(15-27-4)23(26)28-5/h6-15H,1-5H3/b20-15+. The first-order valence-electron chi connectivity index (χ1n) is 9.34. The van der Waals surface area contributed by atoms with Gasteiger partial charge in [0.05, 0.1) is 20.5 Å². The fraction of sp³-hybridized carbons (Fsp3) is 0.250. The van der Waals surface area contributed by atoms with Crippen molar-refractivity contribution < 1.29 is 18.8 Å². The van der Waals surface area contributed by atoms with Crippen molar-refractivity contribution in [3.8, 4) is 22.6 Å². The number of aromatic nitrogens is 1. The zero-order valence-electron chi connectivity index (χ0n) is 17.4. The maximum Gasteiger partial charge on any atom is 0.341 e. The van der Waals surface area contributed by atoms with Crippen LogP contribution in [0.3, 0.4) is 0 Å². The molecule has 0 unspecified atom stereocenters. The van der Waals surface area contributed by atoms with Gasteiger partial charge >= 0.3 is 5.97 Å². The monoisotopic (exact) mass is 391 g/mol. The maximum absolute atomic E-state index is 12.2. The van der Waals surface area contributed by atoms with Crippen LogP contribution in [0.15, 0.2) is 65.4 Å². The second kappa shape index (κ2) is 8.35. The molecular weight excluding hydrogens is 366 g/mol. The van der Waals surface area contributed by atoms with Crippen molar-refractivity contribution in [2.45, 2.75) is 26.2 Å². The van der Waals surface area contributed by atoms with Crippen molar-refractivity contribution in [2.75, 3.05) is 14.2 Å². The summed E-state index contributed by atoms with van der Waals surface area (Å²) < 4.78 is 15.6. The quantitative estimate of drug-likeness (QED) is 0.328. The van der Waals surface area contributed by atoms with Gasteiger partial charge in [-0.25, -0.2) is 4.79 Å². The lowest BCUT2D eigenvalue weighted by Gasteiger charge is -2.18. The number of hydrogen-bond acceptors (Lipinski definition) is 5. The van der Waals surface area contributed by atoms with Crippen LogP contribution in [0.4, 0.5) is 0 Å². The number of nitrogens with zero attached hydrogens (tertiary/aromatic N) is 1. The van der Waals surface area contributed by atoms with Crippen molar-refractivity contribution in [1.82, 2.24) is 5.16 Å². The van der Waals surface area contributed by atoms with Gasteiger partial charge in [-0.05, 0) is 11.0 Å². The molecule has 0 saturated carbocycles. The Balaban J connectivity index is 1.99. The van der Waals surface area contributed by atoms with E-state index in [1.165, 1.54) is 26.0 Å². The van der Waals surface area contributed by atoms with Gasteiger partial charge in [0.15, 0.2) is 5.76 Å². The molecule has 2 aromatic carbocycles. The number of benzene rings is 2. The largest absolute Gasteiger partial charge is 0.503 e. The summed E-state index contributed by atoms with van der Waals surface area (Å²) in [6.45, 7) is 6.54. The Kier molecular flexibility index (Phi) is 5.87. The van der Waals surface area contributed by atoms with Gasteiger partial charge in [0.2, 0.25) is 0 Å². The highest BCUT2D eigenvalue weighted by atomic mass is 16.5. The third kappa shape index (κ3) is 4.40. The summed E-state index contributed by atoms with van der Waals surface area (Å²) in [4.78, 5) is 12.2. The number of methoxy groups -OCH3 is 2. The molecule has 0 radical (unpaired) electrons. The van der Waals surface area contributed by atoms with Gasteiger partial charge in [0.1, 0.15) is 11.3 Å². The van der Waals surface area contributed by atoms with Crippen molar-refractivity contribution >= 4 is 11.5 Å². The lowest BCUT2D eigenvalue weighted by atomic mass is 9.86. The summed E-state index contributed by atoms with van der Waals surface area (Å²) in [5.74, 6) is 0.173. The summed E-state index contributed by atoms with van der Waals surface area (Å²) in [5, 5.41) is 4.23. The highest BCUT2D eigenvalue weighted by molar-refractivity contribution is 6.17. The predicted molar refractivity (Wildman–Crippen MR) is 113 cm³/mol. The molecule has 5 nitrogen and oxygen atoms in total. The van der Waals surface area contributed by atoms with Crippen molar-refractivity contribution in [1.29, 1.82) is 0 Å². The zero-order valence-corrected chi connectivity index (χ0v) is 17.4. The van der Waals surface area contributed by atoms with Gasteiger partial charge in [-0.15, -0.1) is 0 Å². The molecule has 29 heavy (non-hydrogen) atoms. The number of ether oxygens (including phenoxy) is 2. The molecule has 0 N–H and O–H groups in total. The fourth-order valence-corrected chi connectivity index (χ4v) is 3.06. The topological polar surface area (TPSA) is 61.6 Å². The Morgan fingerprint density at radius 1 is 1.03 bits per heavy atom. The van der Waals surface area contributed by atoms with Crippen LogP contribution in [0.1, 0.15) is 31.9 Å². The molecule has 0 bridgehead atoms. The van der Waals surface area contributed by atoms with Crippen LogP contribution in [0.5, 0.6) is 0 Å².